The van der Waals surface area contributed by atoms with Crippen molar-refractivity contribution in [3.05, 3.63) is 59.9 Å². The highest BCUT2D eigenvalue weighted by atomic mass is 16.5. The Balaban J connectivity index is 1.59. The number of amides is 1. The van der Waals surface area contributed by atoms with Crippen LogP contribution in [0.25, 0.3) is 0 Å². The van der Waals surface area contributed by atoms with E-state index >= 15 is 0 Å². The molecule has 2 N–H and O–H groups in total. The summed E-state index contributed by atoms with van der Waals surface area (Å²) >= 11 is 0. The van der Waals surface area contributed by atoms with Crippen molar-refractivity contribution in [2.75, 3.05) is 20.2 Å². The van der Waals surface area contributed by atoms with Gasteiger partial charge < -0.3 is 15.4 Å². The van der Waals surface area contributed by atoms with E-state index in [0.717, 1.165) is 24.3 Å². The largest absolute Gasteiger partial charge is 0.496 e. The van der Waals surface area contributed by atoms with Gasteiger partial charge in [-0.2, -0.15) is 0 Å². The maximum atomic E-state index is 11.8. The predicted octanol–water partition coefficient (Wildman–Crippen LogP) is 1.93. The van der Waals surface area contributed by atoms with Crippen LogP contribution in [0.4, 0.5) is 0 Å². The first-order chi connectivity index (χ1) is 11.3. The third-order valence-electron chi connectivity index (χ3n) is 3.53. The number of benzene rings is 1. The highest BCUT2D eigenvalue weighted by Gasteiger charge is 2.03. The molecular weight excluding hydrogens is 290 g/mol. The van der Waals surface area contributed by atoms with Gasteiger partial charge in [-0.1, -0.05) is 18.2 Å². The number of hydrogen-bond acceptors (Lipinski definition) is 4. The lowest BCUT2D eigenvalue weighted by Crippen LogP contribution is -2.28. The molecule has 23 heavy (non-hydrogen) atoms. The third kappa shape index (κ3) is 6.08. The first-order valence-corrected chi connectivity index (χ1v) is 7.78. The molecule has 122 valence electrons. The van der Waals surface area contributed by atoms with Crippen LogP contribution in [0.2, 0.25) is 0 Å². The number of para-hydroxylation sites is 1. The summed E-state index contributed by atoms with van der Waals surface area (Å²) in [5.41, 5.74) is 2.22. The molecule has 1 heterocycles. The molecule has 2 rings (SSSR count). The molecule has 0 bridgehead atoms. The minimum atomic E-state index is 0.0478. The quantitative estimate of drug-likeness (QED) is 0.694. The van der Waals surface area contributed by atoms with Crippen molar-refractivity contribution in [2.24, 2.45) is 0 Å². The monoisotopic (exact) mass is 313 g/mol. The highest BCUT2D eigenvalue weighted by Crippen LogP contribution is 2.17. The summed E-state index contributed by atoms with van der Waals surface area (Å²) < 4.78 is 5.32. The van der Waals surface area contributed by atoms with E-state index in [0.29, 0.717) is 19.5 Å². The molecule has 0 unspecified atom stereocenters. The Labute approximate surface area is 137 Å². The minimum Gasteiger partial charge on any atom is -0.496 e. The zero-order valence-electron chi connectivity index (χ0n) is 13.4. The van der Waals surface area contributed by atoms with Crippen molar-refractivity contribution in [1.82, 2.24) is 15.6 Å². The lowest BCUT2D eigenvalue weighted by Gasteiger charge is -2.09. The second kappa shape index (κ2) is 9.58. The second-order valence-electron chi connectivity index (χ2n) is 5.19. The van der Waals surface area contributed by atoms with E-state index in [1.807, 2.05) is 30.3 Å². The highest BCUT2D eigenvalue weighted by molar-refractivity contribution is 5.76. The van der Waals surface area contributed by atoms with Gasteiger partial charge in [-0.05, 0) is 42.3 Å². The summed E-state index contributed by atoms with van der Waals surface area (Å²) in [6.07, 6.45) is 4.79. The normalized spacial score (nSPS) is 10.3. The number of methoxy groups -OCH3 is 1. The van der Waals surface area contributed by atoms with Crippen LogP contribution in [0.1, 0.15) is 17.5 Å². The molecular formula is C18H23N3O2. The number of ether oxygens (including phenoxy) is 1. The Morgan fingerprint density at radius 2 is 1.91 bits per heavy atom. The molecule has 0 aliphatic heterocycles. The van der Waals surface area contributed by atoms with Crippen LogP contribution < -0.4 is 15.4 Å². The number of carbonyl (C=O) groups excluding carboxylic acids is 1. The van der Waals surface area contributed by atoms with Gasteiger partial charge in [0.25, 0.3) is 0 Å². The van der Waals surface area contributed by atoms with E-state index in [-0.39, 0.29) is 5.91 Å². The Morgan fingerprint density at radius 3 is 2.70 bits per heavy atom. The predicted molar refractivity (Wildman–Crippen MR) is 90.3 cm³/mol. The van der Waals surface area contributed by atoms with Gasteiger partial charge in [0.1, 0.15) is 5.75 Å². The number of carbonyl (C=O) groups is 1. The average Bonchev–Trinajstić information content (AvgIpc) is 2.61. The molecule has 0 saturated heterocycles. The molecule has 1 amide bonds. The Morgan fingerprint density at radius 1 is 1.13 bits per heavy atom. The average molecular weight is 313 g/mol. The van der Waals surface area contributed by atoms with E-state index in [2.05, 4.69) is 21.7 Å². The van der Waals surface area contributed by atoms with Crippen LogP contribution in [-0.2, 0) is 17.8 Å². The molecule has 0 aliphatic carbocycles. The van der Waals surface area contributed by atoms with E-state index in [1.54, 1.807) is 19.5 Å². The molecule has 2 aromatic rings. The zero-order chi connectivity index (χ0) is 16.3. The van der Waals surface area contributed by atoms with Crippen molar-refractivity contribution in [3.63, 3.8) is 0 Å². The van der Waals surface area contributed by atoms with E-state index in [4.69, 9.17) is 4.74 Å². The Kier molecular flexibility index (Phi) is 7.07. The summed E-state index contributed by atoms with van der Waals surface area (Å²) in [4.78, 5) is 15.7. The van der Waals surface area contributed by atoms with Crippen molar-refractivity contribution in [3.8, 4) is 5.75 Å². The van der Waals surface area contributed by atoms with Gasteiger partial charge in [0.2, 0.25) is 5.91 Å². The van der Waals surface area contributed by atoms with Crippen molar-refractivity contribution < 1.29 is 9.53 Å². The molecule has 0 radical (unpaired) electrons. The molecule has 0 aliphatic rings. The molecule has 5 heteroatoms. The second-order valence-corrected chi connectivity index (χ2v) is 5.19. The fraction of sp³-hybridized carbons (Fsp3) is 0.333. The third-order valence-corrected chi connectivity index (χ3v) is 3.53. The van der Waals surface area contributed by atoms with Gasteiger partial charge >= 0.3 is 0 Å². The van der Waals surface area contributed by atoms with E-state index in [9.17, 15) is 4.79 Å². The molecule has 0 atom stereocenters. The minimum absolute atomic E-state index is 0.0478. The standard InChI is InChI=1S/C18H23N3O2/c1-23-17-5-3-2-4-16(17)8-12-20-13-9-18(22)21-14-15-6-10-19-11-7-15/h2-7,10-11,20H,8-9,12-14H2,1H3,(H,21,22). The smallest absolute Gasteiger partial charge is 0.221 e. The van der Waals surface area contributed by atoms with Gasteiger partial charge in [-0.25, -0.2) is 0 Å². The SMILES string of the molecule is COc1ccccc1CCNCCC(=O)NCc1ccncc1. The summed E-state index contributed by atoms with van der Waals surface area (Å²) in [6.45, 7) is 2.03. The summed E-state index contributed by atoms with van der Waals surface area (Å²) in [7, 11) is 1.68. The fourth-order valence-electron chi connectivity index (χ4n) is 2.25. The molecule has 0 spiro atoms. The van der Waals surface area contributed by atoms with Gasteiger partial charge in [0.15, 0.2) is 0 Å². The molecule has 1 aromatic carbocycles. The summed E-state index contributed by atoms with van der Waals surface area (Å²) in [5, 5.41) is 6.19. The maximum Gasteiger partial charge on any atom is 0.221 e. The Bertz CT molecular complexity index is 602. The first-order valence-electron chi connectivity index (χ1n) is 7.78. The van der Waals surface area contributed by atoms with Crippen LogP contribution in [0.5, 0.6) is 5.75 Å². The summed E-state index contributed by atoms with van der Waals surface area (Å²) in [6, 6.07) is 11.8. The number of nitrogens with one attached hydrogen (secondary N) is 2. The van der Waals surface area contributed by atoms with Gasteiger partial charge in [0, 0.05) is 31.9 Å². The van der Waals surface area contributed by atoms with Crippen molar-refractivity contribution in [2.45, 2.75) is 19.4 Å². The lowest BCUT2D eigenvalue weighted by atomic mass is 10.1. The van der Waals surface area contributed by atoms with Crippen molar-refractivity contribution >= 4 is 5.91 Å². The number of hydrogen-bond donors (Lipinski definition) is 2. The van der Waals surface area contributed by atoms with Crippen LogP contribution in [-0.4, -0.2) is 31.1 Å². The topological polar surface area (TPSA) is 63.2 Å². The molecule has 0 saturated carbocycles. The molecule has 5 nitrogen and oxygen atoms in total. The number of rotatable bonds is 9. The maximum absolute atomic E-state index is 11.8. The Hall–Kier alpha value is -2.40. The van der Waals surface area contributed by atoms with E-state index in [1.165, 1.54) is 5.56 Å². The number of pyridine rings is 1. The molecule has 0 fully saturated rings. The van der Waals surface area contributed by atoms with Crippen LogP contribution in [0.15, 0.2) is 48.8 Å². The zero-order valence-corrected chi connectivity index (χ0v) is 13.4. The van der Waals surface area contributed by atoms with Crippen LogP contribution in [0, 0.1) is 0 Å². The number of nitrogens with zero attached hydrogens (tertiary/aromatic N) is 1. The first kappa shape index (κ1) is 17.0. The number of aromatic nitrogens is 1. The van der Waals surface area contributed by atoms with Gasteiger partial charge in [-0.3, -0.25) is 9.78 Å². The van der Waals surface area contributed by atoms with Crippen molar-refractivity contribution in [1.29, 1.82) is 0 Å². The lowest BCUT2D eigenvalue weighted by molar-refractivity contribution is -0.121. The van der Waals surface area contributed by atoms with Gasteiger partial charge in [-0.15, -0.1) is 0 Å². The fourth-order valence-corrected chi connectivity index (χ4v) is 2.25. The van der Waals surface area contributed by atoms with Crippen LogP contribution >= 0.6 is 0 Å². The van der Waals surface area contributed by atoms with E-state index < -0.39 is 0 Å². The summed E-state index contributed by atoms with van der Waals surface area (Å²) in [5.74, 6) is 0.955. The molecule has 1 aromatic heterocycles. The van der Waals surface area contributed by atoms with Crippen LogP contribution in [0.3, 0.4) is 0 Å². The van der Waals surface area contributed by atoms with Gasteiger partial charge in [0.05, 0.1) is 7.11 Å².